The molecule has 0 amide bonds. The number of esters is 1. The molecule has 3 nitrogen and oxygen atoms in total. The number of hydrogen-bond acceptors (Lipinski definition) is 3. The summed E-state index contributed by atoms with van der Waals surface area (Å²) in [5.41, 5.74) is 0. The number of methoxy groups -OCH3 is 1. The third-order valence-corrected chi connectivity index (χ3v) is 0.966. The van der Waals surface area contributed by atoms with E-state index < -0.39 is 11.3 Å². The number of hydrogen-bond donors (Lipinski definition) is 0. The zero-order valence-corrected chi connectivity index (χ0v) is 6.56. The third-order valence-electron chi connectivity index (χ3n) is 0.788. The lowest BCUT2D eigenvalue weighted by atomic mass is 10.5. The van der Waals surface area contributed by atoms with Gasteiger partial charge in [0, 0.05) is 7.11 Å². The first kappa shape index (κ1) is 9.72. The third kappa shape index (κ3) is 4.58. The van der Waals surface area contributed by atoms with E-state index in [9.17, 15) is 4.79 Å². The molecule has 0 saturated carbocycles. The van der Waals surface area contributed by atoms with Gasteiger partial charge < -0.3 is 9.47 Å². The Morgan fingerprint density at radius 1 is 1.70 bits per heavy atom. The number of rotatable bonds is 4. The average Bonchev–Trinajstić information content (AvgIpc) is 1.88. The van der Waals surface area contributed by atoms with Crippen molar-refractivity contribution in [3.63, 3.8) is 0 Å². The van der Waals surface area contributed by atoms with Crippen molar-refractivity contribution in [1.29, 1.82) is 0 Å². The fraction of sp³-hybridized carbons (Fsp3) is 0.667. The van der Waals surface area contributed by atoms with Gasteiger partial charge >= 0.3 is 5.97 Å². The molecule has 1 atom stereocenters. The van der Waals surface area contributed by atoms with Crippen LogP contribution >= 0.6 is 11.6 Å². The summed E-state index contributed by atoms with van der Waals surface area (Å²) in [6, 6.07) is 0. The molecule has 0 aromatic heterocycles. The number of alkyl halides is 1. The quantitative estimate of drug-likeness (QED) is 0.348. The lowest BCUT2D eigenvalue weighted by molar-refractivity contribution is -0.143. The second kappa shape index (κ2) is 5.50. The second-order valence-electron chi connectivity index (χ2n) is 1.63. The van der Waals surface area contributed by atoms with E-state index in [0.717, 1.165) is 0 Å². The molecule has 0 aliphatic rings. The molecule has 0 N–H and O–H groups in total. The van der Waals surface area contributed by atoms with Gasteiger partial charge in [0.2, 0.25) is 0 Å². The lowest BCUT2D eigenvalue weighted by Gasteiger charge is -2.03. The Morgan fingerprint density at radius 2 is 2.30 bits per heavy atom. The van der Waals surface area contributed by atoms with Crippen LogP contribution in [-0.2, 0) is 14.3 Å². The fourth-order valence-corrected chi connectivity index (χ4v) is 0.379. The normalized spacial score (nSPS) is 12.7. The largest absolute Gasteiger partial charge is 0.462 e. The van der Waals surface area contributed by atoms with E-state index in [4.69, 9.17) is 11.6 Å². The van der Waals surface area contributed by atoms with Gasteiger partial charge in [-0.05, 0) is 6.92 Å². The van der Waals surface area contributed by atoms with Crippen molar-refractivity contribution in [2.75, 3.05) is 20.3 Å². The maximum atomic E-state index is 10.5. The highest BCUT2D eigenvalue weighted by molar-refractivity contribution is 6.30. The fourth-order valence-electron chi connectivity index (χ4n) is 0.316. The molecule has 10 heavy (non-hydrogen) atoms. The van der Waals surface area contributed by atoms with E-state index in [2.05, 4.69) is 16.4 Å². The number of carbonyl (C=O) groups excluding carboxylic acids is 1. The van der Waals surface area contributed by atoms with Gasteiger partial charge in [-0.15, -0.1) is 11.6 Å². The van der Waals surface area contributed by atoms with Crippen LogP contribution in [0.15, 0.2) is 0 Å². The molecule has 0 aromatic carbocycles. The Bertz CT molecular complexity index is 103. The summed E-state index contributed by atoms with van der Waals surface area (Å²) in [5.74, 6) is -0.515. The highest BCUT2D eigenvalue weighted by atomic mass is 35.5. The van der Waals surface area contributed by atoms with Crippen LogP contribution in [0.3, 0.4) is 0 Å². The Balaban J connectivity index is 3.22. The van der Waals surface area contributed by atoms with Gasteiger partial charge in [0.1, 0.15) is 12.0 Å². The highest BCUT2D eigenvalue weighted by Gasteiger charge is 2.09. The Morgan fingerprint density at radius 3 is 2.70 bits per heavy atom. The second-order valence-corrected chi connectivity index (χ2v) is 2.15. The molecule has 0 rings (SSSR count). The van der Waals surface area contributed by atoms with Crippen molar-refractivity contribution in [2.45, 2.75) is 5.38 Å². The minimum absolute atomic E-state index is 0.230. The molecule has 0 aliphatic carbocycles. The first-order chi connectivity index (χ1) is 4.68. The van der Waals surface area contributed by atoms with Gasteiger partial charge in [0.15, 0.2) is 0 Å². The van der Waals surface area contributed by atoms with Gasteiger partial charge in [-0.2, -0.15) is 0 Å². The Hall–Kier alpha value is -0.280. The number of halogens is 1. The van der Waals surface area contributed by atoms with Crippen LogP contribution in [-0.4, -0.2) is 31.7 Å². The first-order valence-corrected chi connectivity index (χ1v) is 3.25. The molecule has 0 spiro atoms. The molecule has 0 heterocycles. The summed E-state index contributed by atoms with van der Waals surface area (Å²) in [6.45, 7) is 3.88. The van der Waals surface area contributed by atoms with Crippen LogP contribution in [0, 0.1) is 6.92 Å². The molecule has 0 bridgehead atoms. The SMILES string of the molecule is [CH2]C(Cl)C(=O)OCCOC. The predicted molar refractivity (Wildman–Crippen MR) is 37.8 cm³/mol. The Kier molecular flexibility index (Phi) is 5.35. The van der Waals surface area contributed by atoms with E-state index in [1.165, 1.54) is 7.11 Å². The Labute approximate surface area is 65.3 Å². The summed E-state index contributed by atoms with van der Waals surface area (Å²) < 4.78 is 9.22. The van der Waals surface area contributed by atoms with Crippen molar-refractivity contribution >= 4 is 17.6 Å². The molecule has 1 radical (unpaired) electrons. The standard InChI is InChI=1S/C6H10ClO3/c1-5(7)6(8)10-4-3-9-2/h5H,1,3-4H2,2H3. The summed E-state index contributed by atoms with van der Waals surface area (Å²) in [7, 11) is 1.52. The molecule has 0 saturated heterocycles. The smallest absolute Gasteiger partial charge is 0.324 e. The predicted octanol–water partition coefficient (Wildman–Crippen LogP) is 0.617. The summed E-state index contributed by atoms with van der Waals surface area (Å²) in [4.78, 5) is 10.5. The van der Waals surface area contributed by atoms with Crippen molar-refractivity contribution in [3.8, 4) is 0 Å². The number of ether oxygens (including phenoxy) is 2. The molecule has 0 aliphatic heterocycles. The van der Waals surface area contributed by atoms with E-state index in [0.29, 0.717) is 6.61 Å². The van der Waals surface area contributed by atoms with Crippen molar-refractivity contribution in [1.82, 2.24) is 0 Å². The molecule has 59 valence electrons. The molecule has 4 heteroatoms. The monoisotopic (exact) mass is 165 g/mol. The maximum absolute atomic E-state index is 10.5. The average molecular weight is 166 g/mol. The van der Waals surface area contributed by atoms with Crippen molar-refractivity contribution in [3.05, 3.63) is 6.92 Å². The minimum Gasteiger partial charge on any atom is -0.462 e. The van der Waals surface area contributed by atoms with Crippen molar-refractivity contribution in [2.24, 2.45) is 0 Å². The maximum Gasteiger partial charge on any atom is 0.324 e. The van der Waals surface area contributed by atoms with E-state index in [-0.39, 0.29) is 6.61 Å². The van der Waals surface area contributed by atoms with Crippen LogP contribution in [0.1, 0.15) is 0 Å². The van der Waals surface area contributed by atoms with Gasteiger partial charge in [0.05, 0.1) is 6.61 Å². The van der Waals surface area contributed by atoms with Crippen LogP contribution in [0.25, 0.3) is 0 Å². The van der Waals surface area contributed by atoms with E-state index in [1.54, 1.807) is 0 Å². The summed E-state index contributed by atoms with van der Waals surface area (Å²) in [6.07, 6.45) is 0. The topological polar surface area (TPSA) is 35.5 Å². The summed E-state index contributed by atoms with van der Waals surface area (Å²) in [5, 5.41) is -0.822. The van der Waals surface area contributed by atoms with Gasteiger partial charge in [-0.3, -0.25) is 4.79 Å². The molecular formula is C6H10ClO3. The number of carbonyl (C=O) groups is 1. The zero-order chi connectivity index (χ0) is 7.98. The molecular weight excluding hydrogens is 156 g/mol. The minimum atomic E-state index is -0.822. The van der Waals surface area contributed by atoms with Crippen LogP contribution in [0.4, 0.5) is 0 Å². The van der Waals surface area contributed by atoms with Gasteiger partial charge in [-0.1, -0.05) is 0 Å². The van der Waals surface area contributed by atoms with Crippen molar-refractivity contribution < 1.29 is 14.3 Å². The van der Waals surface area contributed by atoms with Crippen LogP contribution < -0.4 is 0 Å². The van der Waals surface area contributed by atoms with Crippen LogP contribution in [0.2, 0.25) is 0 Å². The lowest BCUT2D eigenvalue weighted by Crippen LogP contribution is -2.17. The molecule has 0 fully saturated rings. The van der Waals surface area contributed by atoms with E-state index >= 15 is 0 Å². The highest BCUT2D eigenvalue weighted by Crippen LogP contribution is 1.95. The van der Waals surface area contributed by atoms with Gasteiger partial charge in [-0.25, -0.2) is 0 Å². The summed E-state index contributed by atoms with van der Waals surface area (Å²) >= 11 is 5.28. The van der Waals surface area contributed by atoms with Crippen LogP contribution in [0.5, 0.6) is 0 Å². The first-order valence-electron chi connectivity index (χ1n) is 2.81. The van der Waals surface area contributed by atoms with Gasteiger partial charge in [0.25, 0.3) is 0 Å². The molecule has 0 aromatic rings. The zero-order valence-electron chi connectivity index (χ0n) is 5.80. The van der Waals surface area contributed by atoms with E-state index in [1.807, 2.05) is 0 Å². The molecule has 1 unspecified atom stereocenters.